The number of halogens is 1. The molecule has 0 aliphatic heterocycles. The molecular formula is C15H15ClN2O3. The molecule has 0 atom stereocenters. The first kappa shape index (κ1) is 15.1. The van der Waals surface area contributed by atoms with E-state index in [2.05, 4.69) is 0 Å². The smallest absolute Gasteiger partial charge is 0.292 e. The average Bonchev–Trinajstić information content (AvgIpc) is 2.38. The molecule has 0 heterocycles. The summed E-state index contributed by atoms with van der Waals surface area (Å²) in [4.78, 5) is 10.4. The third-order valence-corrected chi connectivity index (χ3v) is 3.32. The molecule has 0 saturated heterocycles. The fourth-order valence-electron chi connectivity index (χ4n) is 2.12. The van der Waals surface area contributed by atoms with Gasteiger partial charge in [0.05, 0.1) is 4.92 Å². The minimum atomic E-state index is -0.502. The standard InChI is InChI=1S/C15H15ClN2O3/c1-9-5-12(16)6-10(2)15(9)21-8-11-3-4-13(17)14(7-11)18(19)20/h3-7H,8,17H2,1-2H3. The minimum Gasteiger partial charge on any atom is -0.488 e. The third kappa shape index (κ3) is 3.44. The topological polar surface area (TPSA) is 78.4 Å². The molecule has 0 aliphatic rings. The SMILES string of the molecule is Cc1cc(Cl)cc(C)c1OCc1ccc(N)c([N+](=O)[O-])c1. The van der Waals surface area contributed by atoms with Crippen LogP contribution in [0.25, 0.3) is 0 Å². The second-order valence-electron chi connectivity index (χ2n) is 4.81. The van der Waals surface area contributed by atoms with Crippen LogP contribution in [0.15, 0.2) is 30.3 Å². The lowest BCUT2D eigenvalue weighted by Crippen LogP contribution is -2.01. The molecule has 0 aromatic heterocycles. The van der Waals surface area contributed by atoms with Gasteiger partial charge >= 0.3 is 0 Å². The van der Waals surface area contributed by atoms with Gasteiger partial charge in [0.1, 0.15) is 18.0 Å². The predicted octanol–water partition coefficient (Wildman–Crippen LogP) is 4.03. The number of nitro groups is 1. The maximum Gasteiger partial charge on any atom is 0.292 e. The first-order valence-electron chi connectivity index (χ1n) is 6.31. The van der Waals surface area contributed by atoms with Gasteiger partial charge in [-0.25, -0.2) is 0 Å². The fourth-order valence-corrected chi connectivity index (χ4v) is 2.45. The molecule has 6 heteroatoms. The Bertz CT molecular complexity index is 678. The number of nitrogens with two attached hydrogens (primary N) is 1. The Hall–Kier alpha value is -2.27. The molecule has 0 radical (unpaired) electrons. The van der Waals surface area contributed by atoms with Crippen molar-refractivity contribution in [1.82, 2.24) is 0 Å². The van der Waals surface area contributed by atoms with Gasteiger partial charge < -0.3 is 10.5 Å². The Morgan fingerprint density at radius 2 is 1.86 bits per heavy atom. The molecule has 21 heavy (non-hydrogen) atoms. The molecule has 5 nitrogen and oxygen atoms in total. The lowest BCUT2D eigenvalue weighted by molar-refractivity contribution is -0.384. The van der Waals surface area contributed by atoms with Gasteiger partial charge in [0.2, 0.25) is 0 Å². The van der Waals surface area contributed by atoms with Crippen molar-refractivity contribution in [2.45, 2.75) is 20.5 Å². The number of benzene rings is 2. The Labute approximate surface area is 127 Å². The van der Waals surface area contributed by atoms with Crippen molar-refractivity contribution in [1.29, 1.82) is 0 Å². The molecule has 2 rings (SSSR count). The van der Waals surface area contributed by atoms with Crippen LogP contribution in [0.2, 0.25) is 5.02 Å². The molecule has 0 fully saturated rings. The Balaban J connectivity index is 2.21. The largest absolute Gasteiger partial charge is 0.488 e. The van der Waals surface area contributed by atoms with E-state index in [4.69, 9.17) is 22.1 Å². The molecule has 2 aromatic carbocycles. The van der Waals surface area contributed by atoms with Gasteiger partial charge in [-0.15, -0.1) is 0 Å². The van der Waals surface area contributed by atoms with Gasteiger partial charge in [-0.05, 0) is 48.7 Å². The van der Waals surface area contributed by atoms with Crippen LogP contribution >= 0.6 is 11.6 Å². The number of anilines is 1. The van der Waals surface area contributed by atoms with Gasteiger partial charge in [-0.2, -0.15) is 0 Å². The van der Waals surface area contributed by atoms with Crippen molar-refractivity contribution in [3.05, 3.63) is 62.2 Å². The van der Waals surface area contributed by atoms with Gasteiger partial charge in [0.25, 0.3) is 5.69 Å². The summed E-state index contributed by atoms with van der Waals surface area (Å²) in [7, 11) is 0. The van der Waals surface area contributed by atoms with Crippen LogP contribution in [0, 0.1) is 24.0 Å². The average molecular weight is 307 g/mol. The highest BCUT2D eigenvalue weighted by Gasteiger charge is 2.13. The minimum absolute atomic E-state index is 0.111. The Morgan fingerprint density at radius 3 is 2.43 bits per heavy atom. The van der Waals surface area contributed by atoms with Gasteiger partial charge in [0, 0.05) is 11.1 Å². The number of rotatable bonds is 4. The van der Waals surface area contributed by atoms with E-state index in [1.54, 1.807) is 6.07 Å². The zero-order chi connectivity index (χ0) is 15.6. The molecule has 0 aliphatic carbocycles. The van der Waals surface area contributed by atoms with Crippen molar-refractivity contribution >= 4 is 23.0 Å². The summed E-state index contributed by atoms with van der Waals surface area (Å²) in [5, 5.41) is 11.5. The highest BCUT2D eigenvalue weighted by atomic mass is 35.5. The highest BCUT2D eigenvalue weighted by Crippen LogP contribution is 2.28. The molecular weight excluding hydrogens is 292 g/mol. The summed E-state index contributed by atoms with van der Waals surface area (Å²) < 4.78 is 5.76. The summed E-state index contributed by atoms with van der Waals surface area (Å²) in [5.74, 6) is 0.735. The third-order valence-electron chi connectivity index (χ3n) is 3.10. The summed E-state index contributed by atoms with van der Waals surface area (Å²) >= 11 is 5.97. The Kier molecular flexibility index (Phi) is 4.33. The van der Waals surface area contributed by atoms with Crippen molar-refractivity contribution in [2.24, 2.45) is 0 Å². The zero-order valence-electron chi connectivity index (χ0n) is 11.7. The van der Waals surface area contributed by atoms with E-state index in [0.717, 1.165) is 16.9 Å². The van der Waals surface area contributed by atoms with E-state index in [1.165, 1.54) is 12.1 Å². The van der Waals surface area contributed by atoms with E-state index in [9.17, 15) is 10.1 Å². The van der Waals surface area contributed by atoms with Crippen LogP contribution in [0.1, 0.15) is 16.7 Å². The van der Waals surface area contributed by atoms with Crippen LogP contribution in [-0.2, 0) is 6.61 Å². The number of aryl methyl sites for hydroxylation is 2. The van der Waals surface area contributed by atoms with Gasteiger partial charge in [-0.1, -0.05) is 17.7 Å². The fraction of sp³-hybridized carbons (Fsp3) is 0.200. The summed E-state index contributed by atoms with van der Waals surface area (Å²) in [6.45, 7) is 4.03. The monoisotopic (exact) mass is 306 g/mol. The summed E-state index contributed by atoms with van der Waals surface area (Å²) in [5.41, 5.74) is 8.12. The highest BCUT2D eigenvalue weighted by molar-refractivity contribution is 6.30. The van der Waals surface area contributed by atoms with Crippen molar-refractivity contribution in [3.8, 4) is 5.75 Å². The first-order valence-corrected chi connectivity index (χ1v) is 6.68. The zero-order valence-corrected chi connectivity index (χ0v) is 12.5. The predicted molar refractivity (Wildman–Crippen MR) is 82.8 cm³/mol. The van der Waals surface area contributed by atoms with E-state index < -0.39 is 4.92 Å². The van der Waals surface area contributed by atoms with Crippen LogP contribution in [0.3, 0.4) is 0 Å². The van der Waals surface area contributed by atoms with Crippen LogP contribution in [-0.4, -0.2) is 4.92 Å². The second kappa shape index (κ2) is 6.01. The van der Waals surface area contributed by atoms with Crippen LogP contribution < -0.4 is 10.5 Å². The van der Waals surface area contributed by atoms with E-state index in [1.807, 2.05) is 26.0 Å². The molecule has 2 N–H and O–H groups in total. The normalized spacial score (nSPS) is 10.4. The molecule has 2 aromatic rings. The molecule has 0 amide bonds. The summed E-state index contributed by atoms with van der Waals surface area (Å²) in [6, 6.07) is 8.28. The van der Waals surface area contributed by atoms with E-state index in [-0.39, 0.29) is 18.0 Å². The molecule has 0 bridgehead atoms. The number of nitro benzene ring substituents is 1. The van der Waals surface area contributed by atoms with Gasteiger partial charge in [0.15, 0.2) is 0 Å². The number of nitrogens with zero attached hydrogens (tertiary/aromatic N) is 1. The second-order valence-corrected chi connectivity index (χ2v) is 5.24. The molecule has 110 valence electrons. The van der Waals surface area contributed by atoms with E-state index >= 15 is 0 Å². The van der Waals surface area contributed by atoms with Crippen molar-refractivity contribution < 1.29 is 9.66 Å². The first-order chi connectivity index (χ1) is 9.88. The van der Waals surface area contributed by atoms with Crippen molar-refractivity contribution in [3.63, 3.8) is 0 Å². The Morgan fingerprint density at radius 1 is 1.24 bits per heavy atom. The van der Waals surface area contributed by atoms with E-state index in [0.29, 0.717) is 10.6 Å². The summed E-state index contributed by atoms with van der Waals surface area (Å²) in [6.07, 6.45) is 0. The molecule has 0 saturated carbocycles. The number of nitrogen functional groups attached to an aromatic ring is 1. The quantitative estimate of drug-likeness (QED) is 0.525. The lowest BCUT2D eigenvalue weighted by Gasteiger charge is -2.13. The maximum absolute atomic E-state index is 10.9. The lowest BCUT2D eigenvalue weighted by atomic mass is 10.1. The molecule has 0 unspecified atom stereocenters. The van der Waals surface area contributed by atoms with Crippen LogP contribution in [0.4, 0.5) is 11.4 Å². The number of hydrogen-bond acceptors (Lipinski definition) is 4. The molecule has 0 spiro atoms. The van der Waals surface area contributed by atoms with Crippen molar-refractivity contribution in [2.75, 3.05) is 5.73 Å². The number of hydrogen-bond donors (Lipinski definition) is 1. The van der Waals surface area contributed by atoms with Crippen LogP contribution in [0.5, 0.6) is 5.75 Å². The maximum atomic E-state index is 10.9. The van der Waals surface area contributed by atoms with Gasteiger partial charge in [-0.3, -0.25) is 10.1 Å². The number of ether oxygens (including phenoxy) is 1.